The molecule has 0 radical (unpaired) electrons. The molecule has 2 nitrogen and oxygen atoms in total. The predicted molar refractivity (Wildman–Crippen MR) is 91.9 cm³/mol. The molecule has 0 amide bonds. The van der Waals surface area contributed by atoms with Crippen LogP contribution < -0.4 is 5.73 Å². The molecule has 0 aliphatic rings. The number of nitrogens with zero attached hydrogens (tertiary/aromatic N) is 1. The molecule has 0 aromatic heterocycles. The van der Waals surface area contributed by atoms with Gasteiger partial charge in [0.15, 0.2) is 0 Å². The monoisotopic (exact) mass is 292 g/mol. The van der Waals surface area contributed by atoms with E-state index in [1.807, 2.05) is 0 Å². The summed E-state index contributed by atoms with van der Waals surface area (Å²) in [6, 6.07) is 8.49. The molecular formula is C17H28N2S. The second kappa shape index (κ2) is 8.38. The van der Waals surface area contributed by atoms with Crippen molar-refractivity contribution in [3.05, 3.63) is 35.4 Å². The molecular weight excluding hydrogens is 264 g/mol. The van der Waals surface area contributed by atoms with E-state index in [0.29, 0.717) is 23.2 Å². The zero-order valence-corrected chi connectivity index (χ0v) is 14.0. The van der Waals surface area contributed by atoms with Crippen LogP contribution in [0, 0.1) is 11.8 Å². The Morgan fingerprint density at radius 3 is 2.00 bits per heavy atom. The third kappa shape index (κ3) is 6.49. The van der Waals surface area contributed by atoms with Gasteiger partial charge in [-0.25, -0.2) is 0 Å². The molecule has 0 fully saturated rings. The van der Waals surface area contributed by atoms with Gasteiger partial charge in [0, 0.05) is 26.1 Å². The Morgan fingerprint density at radius 1 is 1.05 bits per heavy atom. The molecule has 0 spiro atoms. The lowest BCUT2D eigenvalue weighted by Crippen LogP contribution is -2.31. The minimum Gasteiger partial charge on any atom is -0.393 e. The molecule has 0 aliphatic heterocycles. The van der Waals surface area contributed by atoms with Gasteiger partial charge in [-0.2, -0.15) is 0 Å². The van der Waals surface area contributed by atoms with Crippen molar-refractivity contribution in [3.63, 3.8) is 0 Å². The first-order valence-corrected chi connectivity index (χ1v) is 7.86. The topological polar surface area (TPSA) is 29.3 Å². The highest BCUT2D eigenvalue weighted by Gasteiger charge is 2.12. The van der Waals surface area contributed by atoms with Crippen molar-refractivity contribution in [2.45, 2.75) is 40.7 Å². The summed E-state index contributed by atoms with van der Waals surface area (Å²) < 4.78 is 0. The average molecular weight is 292 g/mol. The fourth-order valence-electron chi connectivity index (χ4n) is 2.55. The molecule has 1 rings (SSSR count). The summed E-state index contributed by atoms with van der Waals surface area (Å²) in [5.74, 6) is 1.35. The Hall–Kier alpha value is -0.930. The first kappa shape index (κ1) is 17.1. The summed E-state index contributed by atoms with van der Waals surface area (Å²) >= 11 is 5.05. The summed E-state index contributed by atoms with van der Waals surface area (Å²) in [6.45, 7) is 12.3. The number of hydrogen-bond acceptors (Lipinski definition) is 2. The van der Waals surface area contributed by atoms with Crippen molar-refractivity contribution in [2.24, 2.45) is 17.6 Å². The van der Waals surface area contributed by atoms with Crippen LogP contribution in [0.3, 0.4) is 0 Å². The SMILES string of the molecule is CC(C)CN(Cc1ccccc1CC(N)=S)CC(C)C. The Bertz CT molecular complexity index is 417. The first-order valence-electron chi connectivity index (χ1n) is 7.46. The Labute approximate surface area is 129 Å². The van der Waals surface area contributed by atoms with Gasteiger partial charge in [-0.15, -0.1) is 0 Å². The molecule has 20 heavy (non-hydrogen) atoms. The standard InChI is InChI=1S/C17H28N2S/c1-13(2)10-19(11-14(3)4)12-16-8-6-5-7-15(16)9-17(18)20/h5-8,13-14H,9-12H2,1-4H3,(H2,18,20). The van der Waals surface area contributed by atoms with E-state index >= 15 is 0 Å². The van der Waals surface area contributed by atoms with E-state index in [9.17, 15) is 0 Å². The van der Waals surface area contributed by atoms with E-state index in [1.165, 1.54) is 11.1 Å². The number of benzene rings is 1. The Morgan fingerprint density at radius 2 is 1.55 bits per heavy atom. The third-order valence-corrected chi connectivity index (χ3v) is 3.27. The smallest absolute Gasteiger partial charge is 0.0771 e. The lowest BCUT2D eigenvalue weighted by molar-refractivity contribution is 0.211. The van der Waals surface area contributed by atoms with Gasteiger partial charge in [0.05, 0.1) is 4.99 Å². The van der Waals surface area contributed by atoms with Gasteiger partial charge in [0.1, 0.15) is 0 Å². The van der Waals surface area contributed by atoms with Gasteiger partial charge in [0.2, 0.25) is 0 Å². The maximum Gasteiger partial charge on any atom is 0.0771 e. The maximum absolute atomic E-state index is 5.70. The van der Waals surface area contributed by atoms with Gasteiger partial charge < -0.3 is 5.73 Å². The highest BCUT2D eigenvalue weighted by Crippen LogP contribution is 2.15. The molecule has 112 valence electrons. The molecule has 1 aromatic rings. The first-order chi connectivity index (χ1) is 9.38. The highest BCUT2D eigenvalue weighted by molar-refractivity contribution is 7.80. The normalized spacial score (nSPS) is 11.6. The van der Waals surface area contributed by atoms with Crippen molar-refractivity contribution in [1.29, 1.82) is 0 Å². The summed E-state index contributed by atoms with van der Waals surface area (Å²) in [7, 11) is 0. The van der Waals surface area contributed by atoms with Crippen molar-refractivity contribution < 1.29 is 0 Å². The van der Waals surface area contributed by atoms with Crippen LogP contribution in [0.2, 0.25) is 0 Å². The van der Waals surface area contributed by atoms with Crippen LogP contribution in [0.25, 0.3) is 0 Å². The summed E-state index contributed by atoms with van der Waals surface area (Å²) in [5.41, 5.74) is 8.31. The minimum atomic E-state index is 0.566. The van der Waals surface area contributed by atoms with Crippen LogP contribution in [-0.4, -0.2) is 23.0 Å². The van der Waals surface area contributed by atoms with Gasteiger partial charge in [-0.3, -0.25) is 4.90 Å². The van der Waals surface area contributed by atoms with E-state index < -0.39 is 0 Å². The van der Waals surface area contributed by atoms with Crippen LogP contribution in [0.15, 0.2) is 24.3 Å². The zero-order valence-electron chi connectivity index (χ0n) is 13.2. The zero-order chi connectivity index (χ0) is 15.1. The maximum atomic E-state index is 5.70. The van der Waals surface area contributed by atoms with E-state index in [2.05, 4.69) is 56.9 Å². The molecule has 0 heterocycles. The summed E-state index contributed by atoms with van der Waals surface area (Å²) in [4.78, 5) is 3.10. The molecule has 0 bridgehead atoms. The number of hydrogen-bond donors (Lipinski definition) is 1. The van der Waals surface area contributed by atoms with E-state index in [-0.39, 0.29) is 0 Å². The van der Waals surface area contributed by atoms with Gasteiger partial charge in [-0.1, -0.05) is 64.2 Å². The van der Waals surface area contributed by atoms with Gasteiger partial charge >= 0.3 is 0 Å². The number of rotatable bonds is 8. The van der Waals surface area contributed by atoms with E-state index in [4.69, 9.17) is 18.0 Å². The van der Waals surface area contributed by atoms with Crippen LogP contribution in [0.1, 0.15) is 38.8 Å². The third-order valence-electron chi connectivity index (χ3n) is 3.12. The van der Waals surface area contributed by atoms with Crippen molar-refractivity contribution in [1.82, 2.24) is 4.90 Å². The average Bonchev–Trinajstić information content (AvgIpc) is 2.29. The number of nitrogens with two attached hydrogens (primary N) is 1. The van der Waals surface area contributed by atoms with Crippen molar-refractivity contribution in [2.75, 3.05) is 13.1 Å². The fraction of sp³-hybridized carbons (Fsp3) is 0.588. The van der Waals surface area contributed by atoms with Gasteiger partial charge in [-0.05, 0) is 23.0 Å². The molecule has 0 saturated heterocycles. The molecule has 2 N–H and O–H groups in total. The Balaban J connectivity index is 2.83. The van der Waals surface area contributed by atoms with E-state index in [1.54, 1.807) is 0 Å². The molecule has 1 aromatic carbocycles. The highest BCUT2D eigenvalue weighted by atomic mass is 32.1. The second-order valence-corrected chi connectivity index (χ2v) is 6.92. The summed E-state index contributed by atoms with van der Waals surface area (Å²) in [6.07, 6.45) is 0.697. The van der Waals surface area contributed by atoms with Crippen LogP contribution >= 0.6 is 12.2 Å². The second-order valence-electron chi connectivity index (χ2n) is 6.39. The summed E-state index contributed by atoms with van der Waals surface area (Å²) in [5, 5.41) is 0. The lowest BCUT2D eigenvalue weighted by atomic mass is 10.0. The molecule has 0 atom stereocenters. The van der Waals surface area contributed by atoms with E-state index in [0.717, 1.165) is 19.6 Å². The molecule has 0 unspecified atom stereocenters. The van der Waals surface area contributed by atoms with Crippen LogP contribution in [0.4, 0.5) is 0 Å². The Kier molecular flexibility index (Phi) is 7.17. The largest absolute Gasteiger partial charge is 0.393 e. The fourth-order valence-corrected chi connectivity index (χ4v) is 2.70. The van der Waals surface area contributed by atoms with Crippen LogP contribution in [-0.2, 0) is 13.0 Å². The van der Waals surface area contributed by atoms with Gasteiger partial charge in [0.25, 0.3) is 0 Å². The quantitative estimate of drug-likeness (QED) is 0.742. The van der Waals surface area contributed by atoms with Crippen LogP contribution in [0.5, 0.6) is 0 Å². The predicted octanol–water partition coefficient (Wildman–Crippen LogP) is 3.63. The minimum absolute atomic E-state index is 0.566. The number of thiocarbonyl (C=S) groups is 1. The van der Waals surface area contributed by atoms with Crippen molar-refractivity contribution in [3.8, 4) is 0 Å². The lowest BCUT2D eigenvalue weighted by Gasteiger charge is -2.27. The molecule has 0 saturated carbocycles. The molecule has 3 heteroatoms. The molecule has 0 aliphatic carbocycles. The van der Waals surface area contributed by atoms with Crippen molar-refractivity contribution >= 4 is 17.2 Å².